The van der Waals surface area contributed by atoms with E-state index in [1.807, 2.05) is 12.3 Å². The second-order valence-corrected chi connectivity index (χ2v) is 7.37. The van der Waals surface area contributed by atoms with Crippen LogP contribution in [0.4, 0.5) is 5.13 Å². The van der Waals surface area contributed by atoms with Crippen LogP contribution < -0.4 is 10.1 Å². The molecule has 0 aliphatic carbocycles. The van der Waals surface area contributed by atoms with E-state index in [2.05, 4.69) is 29.0 Å². The third-order valence-corrected chi connectivity index (χ3v) is 4.89. The van der Waals surface area contributed by atoms with Crippen LogP contribution in [0.3, 0.4) is 0 Å². The zero-order valence-electron chi connectivity index (χ0n) is 15.4. The topological polar surface area (TPSA) is 63.7 Å². The standard InChI is InChI=1S/C19H25N3O3S/c1-4-24-17-7-5-15(6-8-17)18(23)21-19-20-16(12-26-19)11-22-9-13(2)25-14(3)10-22/h5-8,12-14H,4,9-11H2,1-3H3,(H,20,21,23)/t13-,14-/m1/s1. The molecule has 1 aromatic carbocycles. The highest BCUT2D eigenvalue weighted by Gasteiger charge is 2.22. The minimum absolute atomic E-state index is 0.164. The molecule has 1 N–H and O–H groups in total. The van der Waals surface area contributed by atoms with Crippen molar-refractivity contribution in [1.29, 1.82) is 0 Å². The van der Waals surface area contributed by atoms with Crippen molar-refractivity contribution in [3.8, 4) is 5.75 Å². The third kappa shape index (κ3) is 5.03. The highest BCUT2D eigenvalue weighted by molar-refractivity contribution is 7.13. The first-order valence-corrected chi connectivity index (χ1v) is 9.78. The summed E-state index contributed by atoms with van der Waals surface area (Å²) in [4.78, 5) is 19.2. The highest BCUT2D eigenvalue weighted by atomic mass is 32.1. The lowest BCUT2D eigenvalue weighted by Gasteiger charge is -2.34. The maximum Gasteiger partial charge on any atom is 0.257 e. The van der Waals surface area contributed by atoms with Crippen molar-refractivity contribution < 1.29 is 14.3 Å². The van der Waals surface area contributed by atoms with Gasteiger partial charge in [-0.15, -0.1) is 11.3 Å². The van der Waals surface area contributed by atoms with Crippen LogP contribution in [0.1, 0.15) is 36.8 Å². The number of hydrogen-bond acceptors (Lipinski definition) is 6. The Kier molecular flexibility index (Phi) is 6.24. The van der Waals surface area contributed by atoms with E-state index in [-0.39, 0.29) is 18.1 Å². The van der Waals surface area contributed by atoms with Crippen LogP contribution in [0.2, 0.25) is 0 Å². The molecule has 2 aromatic rings. The normalized spacial score (nSPS) is 20.7. The summed E-state index contributed by atoms with van der Waals surface area (Å²) in [6.07, 6.45) is 0.465. The molecule has 26 heavy (non-hydrogen) atoms. The largest absolute Gasteiger partial charge is 0.494 e. The van der Waals surface area contributed by atoms with Crippen LogP contribution in [0.5, 0.6) is 5.75 Å². The molecule has 1 fully saturated rings. The Morgan fingerprint density at radius 3 is 2.65 bits per heavy atom. The minimum atomic E-state index is -0.164. The summed E-state index contributed by atoms with van der Waals surface area (Å²) in [5, 5.41) is 5.49. The Balaban J connectivity index is 1.56. The first kappa shape index (κ1) is 18.8. The van der Waals surface area contributed by atoms with Crippen LogP contribution in [-0.4, -0.2) is 47.7 Å². The molecule has 2 atom stereocenters. The SMILES string of the molecule is CCOc1ccc(C(=O)Nc2nc(CN3C[C@@H](C)O[C@H](C)C3)cs2)cc1. The fraction of sp³-hybridized carbons (Fsp3) is 0.474. The zero-order valence-corrected chi connectivity index (χ0v) is 16.2. The van der Waals surface area contributed by atoms with Gasteiger partial charge in [0.15, 0.2) is 5.13 Å². The van der Waals surface area contributed by atoms with Crippen LogP contribution in [0.15, 0.2) is 29.6 Å². The number of benzene rings is 1. The Hall–Kier alpha value is -1.96. The van der Waals surface area contributed by atoms with Crippen molar-refractivity contribution in [2.45, 2.75) is 39.5 Å². The van der Waals surface area contributed by atoms with Gasteiger partial charge in [0.05, 0.1) is 24.5 Å². The van der Waals surface area contributed by atoms with Crippen molar-refractivity contribution in [3.05, 3.63) is 40.9 Å². The molecule has 0 radical (unpaired) electrons. The van der Waals surface area contributed by atoms with E-state index in [1.54, 1.807) is 24.3 Å². The van der Waals surface area contributed by atoms with E-state index in [9.17, 15) is 4.79 Å². The second-order valence-electron chi connectivity index (χ2n) is 6.51. The van der Waals surface area contributed by atoms with Gasteiger partial charge >= 0.3 is 0 Å². The number of thiazole rings is 1. The number of nitrogens with zero attached hydrogens (tertiary/aromatic N) is 2. The second kappa shape index (κ2) is 8.62. The molecular weight excluding hydrogens is 350 g/mol. The lowest BCUT2D eigenvalue weighted by atomic mass is 10.2. The average molecular weight is 375 g/mol. The van der Waals surface area contributed by atoms with Gasteiger partial charge in [-0.25, -0.2) is 4.98 Å². The fourth-order valence-corrected chi connectivity index (χ4v) is 3.81. The number of morpholine rings is 1. The molecule has 0 saturated carbocycles. The Morgan fingerprint density at radius 2 is 2.00 bits per heavy atom. The van der Waals surface area contributed by atoms with E-state index >= 15 is 0 Å². The number of carbonyl (C=O) groups is 1. The summed E-state index contributed by atoms with van der Waals surface area (Å²) in [6.45, 7) is 9.28. The summed E-state index contributed by atoms with van der Waals surface area (Å²) in [5.74, 6) is 0.595. The number of ether oxygens (including phenoxy) is 2. The maximum atomic E-state index is 12.4. The van der Waals surface area contributed by atoms with Gasteiger partial charge in [0.2, 0.25) is 0 Å². The van der Waals surface area contributed by atoms with Crippen LogP contribution >= 0.6 is 11.3 Å². The summed E-state index contributed by atoms with van der Waals surface area (Å²) < 4.78 is 11.2. The molecule has 0 unspecified atom stereocenters. The lowest BCUT2D eigenvalue weighted by Crippen LogP contribution is -2.44. The van der Waals surface area contributed by atoms with E-state index in [0.717, 1.165) is 31.1 Å². The van der Waals surface area contributed by atoms with E-state index < -0.39 is 0 Å². The van der Waals surface area contributed by atoms with Gasteiger partial charge < -0.3 is 9.47 Å². The van der Waals surface area contributed by atoms with E-state index in [4.69, 9.17) is 9.47 Å². The maximum absolute atomic E-state index is 12.4. The van der Waals surface area contributed by atoms with Gasteiger partial charge in [0.25, 0.3) is 5.91 Å². The molecule has 1 saturated heterocycles. The first-order valence-electron chi connectivity index (χ1n) is 8.90. The zero-order chi connectivity index (χ0) is 18.5. The molecule has 0 spiro atoms. The van der Waals surface area contributed by atoms with Gasteiger partial charge in [0.1, 0.15) is 5.75 Å². The third-order valence-electron chi connectivity index (χ3n) is 4.08. The highest BCUT2D eigenvalue weighted by Crippen LogP contribution is 2.20. The van der Waals surface area contributed by atoms with E-state index in [0.29, 0.717) is 17.3 Å². The molecule has 0 bridgehead atoms. The van der Waals surface area contributed by atoms with Gasteiger partial charge in [0, 0.05) is 30.6 Å². The number of aromatic nitrogens is 1. The molecule has 7 heteroatoms. The monoisotopic (exact) mass is 375 g/mol. The molecule has 3 rings (SSSR count). The molecule has 1 amide bonds. The van der Waals surface area contributed by atoms with Crippen molar-refractivity contribution in [2.75, 3.05) is 25.0 Å². The molecular formula is C19H25N3O3S. The lowest BCUT2D eigenvalue weighted by molar-refractivity contribution is -0.0707. The molecule has 1 aliphatic rings. The molecule has 1 aliphatic heterocycles. The Labute approximate surface area is 158 Å². The average Bonchev–Trinajstić information content (AvgIpc) is 3.01. The predicted molar refractivity (Wildman–Crippen MR) is 103 cm³/mol. The van der Waals surface area contributed by atoms with Gasteiger partial charge in [-0.05, 0) is 45.0 Å². The van der Waals surface area contributed by atoms with Gasteiger partial charge in [-0.2, -0.15) is 0 Å². The van der Waals surface area contributed by atoms with Crippen molar-refractivity contribution in [2.24, 2.45) is 0 Å². The number of carbonyl (C=O) groups excluding carboxylic acids is 1. The Morgan fingerprint density at radius 1 is 1.31 bits per heavy atom. The van der Waals surface area contributed by atoms with E-state index in [1.165, 1.54) is 11.3 Å². The smallest absolute Gasteiger partial charge is 0.257 e. The van der Waals surface area contributed by atoms with Gasteiger partial charge in [-0.3, -0.25) is 15.0 Å². The van der Waals surface area contributed by atoms with Gasteiger partial charge in [-0.1, -0.05) is 0 Å². The summed E-state index contributed by atoms with van der Waals surface area (Å²) in [6, 6.07) is 7.11. The van der Waals surface area contributed by atoms with Crippen molar-refractivity contribution in [3.63, 3.8) is 0 Å². The number of hydrogen-bond donors (Lipinski definition) is 1. The summed E-state index contributed by atoms with van der Waals surface area (Å²) >= 11 is 1.45. The number of amides is 1. The quantitative estimate of drug-likeness (QED) is 0.838. The summed E-state index contributed by atoms with van der Waals surface area (Å²) in [5.41, 5.74) is 1.55. The number of nitrogens with one attached hydrogen (secondary N) is 1. The van der Waals surface area contributed by atoms with Crippen molar-refractivity contribution in [1.82, 2.24) is 9.88 Å². The minimum Gasteiger partial charge on any atom is -0.494 e. The first-order chi connectivity index (χ1) is 12.5. The Bertz CT molecular complexity index is 722. The molecule has 140 valence electrons. The molecule has 2 heterocycles. The van der Waals surface area contributed by atoms with Crippen molar-refractivity contribution >= 4 is 22.4 Å². The number of rotatable bonds is 6. The van der Waals surface area contributed by atoms with Crippen LogP contribution in [0.25, 0.3) is 0 Å². The molecule has 1 aromatic heterocycles. The number of anilines is 1. The summed E-state index contributed by atoms with van der Waals surface area (Å²) in [7, 11) is 0. The van der Waals surface area contributed by atoms with Crippen LogP contribution in [0, 0.1) is 0 Å². The predicted octanol–water partition coefficient (Wildman–Crippen LogP) is 3.40. The fourth-order valence-electron chi connectivity index (χ4n) is 3.12. The molecule has 6 nitrogen and oxygen atoms in total. The van der Waals surface area contributed by atoms with Crippen LogP contribution in [-0.2, 0) is 11.3 Å².